The molecule has 1 aliphatic carbocycles. The van der Waals surface area contributed by atoms with Crippen LogP contribution in [0, 0.1) is 0 Å². The van der Waals surface area contributed by atoms with Gasteiger partial charge in [-0.1, -0.05) is 45.7 Å². The van der Waals surface area contributed by atoms with Crippen molar-refractivity contribution in [1.29, 1.82) is 0 Å². The van der Waals surface area contributed by atoms with Crippen LogP contribution in [0.1, 0.15) is 24.3 Å². The number of rotatable bonds is 3. The summed E-state index contributed by atoms with van der Waals surface area (Å²) in [5, 5.41) is 4.32. The summed E-state index contributed by atoms with van der Waals surface area (Å²) in [4.78, 5) is 0. The Labute approximate surface area is 127 Å². The highest BCUT2D eigenvalue weighted by molar-refractivity contribution is 9.10. The van der Waals surface area contributed by atoms with Crippen LogP contribution in [0.3, 0.4) is 0 Å². The van der Waals surface area contributed by atoms with Crippen molar-refractivity contribution in [2.24, 2.45) is 0 Å². The molecule has 2 aromatic rings. The minimum absolute atomic E-state index is 0.562. The maximum absolute atomic E-state index is 5.98. The fraction of sp³-hybridized carbons (Fsp3) is 0.250. The van der Waals surface area contributed by atoms with E-state index >= 15 is 0 Å². The zero-order valence-corrected chi connectivity index (χ0v) is 12.8. The Balaban J connectivity index is 1.57. The lowest BCUT2D eigenvalue weighted by molar-refractivity contribution is 0.374. The Kier molecular flexibility index (Phi) is 3.81. The molecule has 1 nitrogen and oxygen atoms in total. The zero-order chi connectivity index (χ0) is 13.2. The molecule has 0 heterocycles. The summed E-state index contributed by atoms with van der Waals surface area (Å²) >= 11 is 9.46. The Morgan fingerprint density at radius 3 is 2.47 bits per heavy atom. The normalized spacial score (nSPS) is 21.8. The topological polar surface area (TPSA) is 12.0 Å². The van der Waals surface area contributed by atoms with Gasteiger partial charge in [-0.05, 0) is 54.7 Å². The molecule has 0 radical (unpaired) electrons. The van der Waals surface area contributed by atoms with Crippen LogP contribution in [-0.2, 0) is 0 Å². The summed E-state index contributed by atoms with van der Waals surface area (Å²) in [7, 11) is 0. The lowest BCUT2D eigenvalue weighted by Crippen LogP contribution is -2.33. The van der Waals surface area contributed by atoms with Gasteiger partial charge < -0.3 is 5.32 Å². The van der Waals surface area contributed by atoms with E-state index in [1.807, 2.05) is 18.2 Å². The van der Waals surface area contributed by atoms with E-state index in [2.05, 4.69) is 51.6 Å². The molecular formula is C16H15BrClN. The van der Waals surface area contributed by atoms with E-state index in [0.717, 1.165) is 15.2 Å². The third-order valence-electron chi connectivity index (χ3n) is 3.67. The van der Waals surface area contributed by atoms with Crippen molar-refractivity contribution in [3.05, 3.63) is 63.6 Å². The predicted molar refractivity (Wildman–Crippen MR) is 85.0 cm³/mol. The standard InChI is InChI=1S/C16H15BrClN/c17-13-6-4-11(5-7-13)12-8-16(9-12)19-15-3-1-2-14(18)10-15/h1-7,10,12,16,19H,8-9H2. The van der Waals surface area contributed by atoms with Gasteiger partial charge in [0.2, 0.25) is 0 Å². The van der Waals surface area contributed by atoms with Gasteiger partial charge in [0.25, 0.3) is 0 Å². The quantitative estimate of drug-likeness (QED) is 0.784. The average Bonchev–Trinajstić information content (AvgIpc) is 2.35. The number of benzene rings is 2. The van der Waals surface area contributed by atoms with Crippen LogP contribution in [0.4, 0.5) is 5.69 Å². The van der Waals surface area contributed by atoms with Crippen LogP contribution in [0.2, 0.25) is 5.02 Å². The van der Waals surface area contributed by atoms with E-state index < -0.39 is 0 Å². The molecule has 1 aliphatic rings. The van der Waals surface area contributed by atoms with Crippen LogP contribution in [0.15, 0.2) is 53.0 Å². The summed E-state index contributed by atoms with van der Waals surface area (Å²) in [6, 6.07) is 17.2. The van der Waals surface area contributed by atoms with Crippen molar-refractivity contribution in [2.75, 3.05) is 5.32 Å². The molecule has 1 N–H and O–H groups in total. The molecule has 0 amide bonds. The highest BCUT2D eigenvalue weighted by atomic mass is 79.9. The van der Waals surface area contributed by atoms with Crippen LogP contribution in [-0.4, -0.2) is 6.04 Å². The summed E-state index contributed by atoms with van der Waals surface area (Å²) in [6.45, 7) is 0. The third kappa shape index (κ3) is 3.13. The first-order valence-electron chi connectivity index (χ1n) is 6.48. The Morgan fingerprint density at radius 1 is 1.05 bits per heavy atom. The molecule has 0 atom stereocenters. The Morgan fingerprint density at radius 2 is 1.79 bits per heavy atom. The van der Waals surface area contributed by atoms with Crippen molar-refractivity contribution in [3.63, 3.8) is 0 Å². The minimum atomic E-state index is 0.562. The van der Waals surface area contributed by atoms with Gasteiger partial charge in [-0.15, -0.1) is 0 Å². The molecule has 1 saturated carbocycles. The van der Waals surface area contributed by atoms with Crippen molar-refractivity contribution in [1.82, 2.24) is 0 Å². The number of halogens is 2. The summed E-state index contributed by atoms with van der Waals surface area (Å²) < 4.78 is 1.14. The fourth-order valence-electron chi connectivity index (χ4n) is 2.56. The van der Waals surface area contributed by atoms with Gasteiger partial charge in [0.1, 0.15) is 0 Å². The van der Waals surface area contributed by atoms with Crippen molar-refractivity contribution in [3.8, 4) is 0 Å². The van der Waals surface area contributed by atoms with Gasteiger partial charge in [0.05, 0.1) is 0 Å². The van der Waals surface area contributed by atoms with Crippen LogP contribution in [0.5, 0.6) is 0 Å². The molecule has 0 spiro atoms. The van der Waals surface area contributed by atoms with E-state index in [4.69, 9.17) is 11.6 Å². The first-order chi connectivity index (χ1) is 9.20. The lowest BCUT2D eigenvalue weighted by Gasteiger charge is -2.37. The van der Waals surface area contributed by atoms with Crippen molar-refractivity contribution < 1.29 is 0 Å². The molecule has 0 aromatic heterocycles. The molecule has 0 bridgehead atoms. The maximum Gasteiger partial charge on any atom is 0.0426 e. The molecule has 1 fully saturated rings. The van der Waals surface area contributed by atoms with E-state index in [-0.39, 0.29) is 0 Å². The van der Waals surface area contributed by atoms with Gasteiger partial charge in [-0.3, -0.25) is 0 Å². The minimum Gasteiger partial charge on any atom is -0.382 e. The van der Waals surface area contributed by atoms with E-state index in [1.165, 1.54) is 18.4 Å². The third-order valence-corrected chi connectivity index (χ3v) is 4.44. The van der Waals surface area contributed by atoms with Gasteiger partial charge in [0.15, 0.2) is 0 Å². The van der Waals surface area contributed by atoms with Gasteiger partial charge in [-0.2, -0.15) is 0 Å². The van der Waals surface area contributed by atoms with Crippen molar-refractivity contribution >= 4 is 33.2 Å². The van der Waals surface area contributed by atoms with Gasteiger partial charge in [0, 0.05) is 21.2 Å². The smallest absolute Gasteiger partial charge is 0.0426 e. The van der Waals surface area contributed by atoms with Crippen LogP contribution < -0.4 is 5.32 Å². The Bertz CT molecular complexity index is 561. The first-order valence-corrected chi connectivity index (χ1v) is 7.65. The average molecular weight is 337 g/mol. The molecule has 0 aliphatic heterocycles. The SMILES string of the molecule is Clc1cccc(NC2CC(c3ccc(Br)cc3)C2)c1. The molecule has 0 unspecified atom stereocenters. The van der Waals surface area contributed by atoms with Crippen molar-refractivity contribution in [2.45, 2.75) is 24.8 Å². The first kappa shape index (κ1) is 13.0. The highest BCUT2D eigenvalue weighted by Gasteiger charge is 2.30. The molecule has 3 rings (SSSR count). The predicted octanol–water partition coefficient (Wildman–Crippen LogP) is 5.46. The zero-order valence-electron chi connectivity index (χ0n) is 10.4. The van der Waals surface area contributed by atoms with Crippen LogP contribution >= 0.6 is 27.5 Å². The molecule has 19 heavy (non-hydrogen) atoms. The number of anilines is 1. The second-order valence-corrected chi connectivity index (χ2v) is 6.42. The highest BCUT2D eigenvalue weighted by Crippen LogP contribution is 2.38. The second kappa shape index (κ2) is 5.56. The van der Waals surface area contributed by atoms with E-state index in [9.17, 15) is 0 Å². The maximum atomic E-state index is 5.98. The van der Waals surface area contributed by atoms with Gasteiger partial charge in [-0.25, -0.2) is 0 Å². The summed E-state index contributed by atoms with van der Waals surface area (Å²) in [6.07, 6.45) is 2.38. The molecular weight excluding hydrogens is 322 g/mol. The number of nitrogens with one attached hydrogen (secondary N) is 1. The molecule has 98 valence electrons. The number of hydrogen-bond acceptors (Lipinski definition) is 1. The monoisotopic (exact) mass is 335 g/mol. The summed E-state index contributed by atoms with van der Waals surface area (Å²) in [5.41, 5.74) is 2.55. The lowest BCUT2D eigenvalue weighted by atomic mass is 9.76. The largest absolute Gasteiger partial charge is 0.382 e. The fourth-order valence-corrected chi connectivity index (χ4v) is 3.01. The Hall–Kier alpha value is -0.990. The second-order valence-electron chi connectivity index (χ2n) is 5.07. The molecule has 0 saturated heterocycles. The number of hydrogen-bond donors (Lipinski definition) is 1. The van der Waals surface area contributed by atoms with Crippen LogP contribution in [0.25, 0.3) is 0 Å². The summed E-state index contributed by atoms with van der Waals surface area (Å²) in [5.74, 6) is 0.685. The van der Waals surface area contributed by atoms with E-state index in [0.29, 0.717) is 12.0 Å². The van der Waals surface area contributed by atoms with Gasteiger partial charge >= 0.3 is 0 Å². The van der Waals surface area contributed by atoms with E-state index in [1.54, 1.807) is 0 Å². The molecule has 2 aromatic carbocycles. The molecule has 3 heteroatoms.